The van der Waals surface area contributed by atoms with E-state index in [-0.39, 0.29) is 16.9 Å². The molecule has 1 fully saturated rings. The van der Waals surface area contributed by atoms with Crippen LogP contribution in [0.25, 0.3) is 0 Å². The third-order valence-corrected chi connectivity index (χ3v) is 4.56. The Morgan fingerprint density at radius 3 is 2.68 bits per heavy atom. The molecule has 2 rings (SSSR count). The molecule has 0 spiro atoms. The molecule has 0 radical (unpaired) electrons. The number of nitrogens with one attached hydrogen (secondary N) is 1. The summed E-state index contributed by atoms with van der Waals surface area (Å²) in [5.41, 5.74) is 0.0407. The number of halogens is 2. The number of hydrogen-bond donors (Lipinski definition) is 1. The quantitative estimate of drug-likeness (QED) is 0.844. The maximum atomic E-state index is 13.7. The van der Waals surface area contributed by atoms with Crippen LogP contribution < -0.4 is 5.32 Å². The topological polar surface area (TPSA) is 29.1 Å². The molecule has 0 aliphatic heterocycles. The van der Waals surface area contributed by atoms with Crippen LogP contribution in [0.15, 0.2) is 22.7 Å². The lowest BCUT2D eigenvalue weighted by Crippen LogP contribution is -2.46. The second kappa shape index (κ2) is 6.14. The molecule has 0 aromatic heterocycles. The predicted octanol–water partition coefficient (Wildman–Crippen LogP) is 4.08. The summed E-state index contributed by atoms with van der Waals surface area (Å²) in [6, 6.07) is 4.52. The molecular weight excluding hydrogens is 309 g/mol. The van der Waals surface area contributed by atoms with Crippen LogP contribution in [-0.4, -0.2) is 18.4 Å². The molecule has 1 aliphatic carbocycles. The number of hydrogen-bond acceptors (Lipinski definition) is 2. The average Bonchev–Trinajstić information content (AvgIpc) is 2.42. The maximum absolute atomic E-state index is 13.7. The van der Waals surface area contributed by atoms with E-state index in [0.29, 0.717) is 6.42 Å². The van der Waals surface area contributed by atoms with E-state index in [1.165, 1.54) is 12.5 Å². The zero-order valence-corrected chi connectivity index (χ0v) is 12.7. The normalized spacial score (nSPS) is 18.3. The Labute approximate surface area is 121 Å². The molecular formula is C15H19BrFNO. The van der Waals surface area contributed by atoms with E-state index < -0.39 is 5.82 Å². The number of rotatable bonds is 4. The van der Waals surface area contributed by atoms with Crippen molar-refractivity contribution in [1.82, 2.24) is 5.32 Å². The summed E-state index contributed by atoms with van der Waals surface area (Å²) in [4.78, 5) is 12.3. The summed E-state index contributed by atoms with van der Waals surface area (Å²) < 4.78 is 14.5. The summed E-state index contributed by atoms with van der Waals surface area (Å²) in [6.45, 7) is 0. The Morgan fingerprint density at radius 2 is 2.05 bits per heavy atom. The van der Waals surface area contributed by atoms with E-state index in [2.05, 4.69) is 21.2 Å². The van der Waals surface area contributed by atoms with Gasteiger partial charge in [-0.15, -0.1) is 0 Å². The number of benzene rings is 1. The molecule has 4 heteroatoms. The van der Waals surface area contributed by atoms with Gasteiger partial charge >= 0.3 is 0 Å². The third-order valence-electron chi connectivity index (χ3n) is 4.07. The van der Waals surface area contributed by atoms with E-state index >= 15 is 0 Å². The Kier molecular flexibility index (Phi) is 4.74. The van der Waals surface area contributed by atoms with Crippen molar-refractivity contribution in [2.24, 2.45) is 0 Å². The number of carbonyl (C=O) groups excluding carboxylic acids is 1. The maximum Gasteiger partial charge on any atom is 0.167 e. The Hall–Kier alpha value is -0.740. The predicted molar refractivity (Wildman–Crippen MR) is 77.9 cm³/mol. The average molecular weight is 328 g/mol. The van der Waals surface area contributed by atoms with Crippen LogP contribution in [0.4, 0.5) is 4.39 Å². The van der Waals surface area contributed by atoms with Crippen LogP contribution in [0.5, 0.6) is 0 Å². The Bertz CT molecular complexity index is 469. The lowest BCUT2D eigenvalue weighted by Gasteiger charge is -2.36. The van der Waals surface area contributed by atoms with Gasteiger partial charge in [-0.2, -0.15) is 0 Å². The van der Waals surface area contributed by atoms with Gasteiger partial charge in [0, 0.05) is 16.4 Å². The van der Waals surface area contributed by atoms with Crippen LogP contribution >= 0.6 is 15.9 Å². The molecule has 2 nitrogen and oxygen atoms in total. The first-order valence-electron chi connectivity index (χ1n) is 6.73. The van der Waals surface area contributed by atoms with Crippen molar-refractivity contribution in [3.05, 3.63) is 34.1 Å². The Balaban J connectivity index is 2.17. The number of ketones is 1. The minimum absolute atomic E-state index is 0.116. The van der Waals surface area contributed by atoms with Crippen molar-refractivity contribution in [1.29, 1.82) is 0 Å². The fourth-order valence-electron chi connectivity index (χ4n) is 2.86. The molecule has 0 amide bonds. The molecule has 0 unspecified atom stereocenters. The lowest BCUT2D eigenvalue weighted by molar-refractivity contribution is 0.0911. The molecule has 1 saturated carbocycles. The van der Waals surface area contributed by atoms with Gasteiger partial charge in [0.2, 0.25) is 0 Å². The lowest BCUT2D eigenvalue weighted by atomic mass is 9.77. The first-order valence-corrected chi connectivity index (χ1v) is 7.53. The van der Waals surface area contributed by atoms with Crippen LogP contribution in [0.1, 0.15) is 48.9 Å². The molecule has 19 heavy (non-hydrogen) atoms. The second-order valence-corrected chi connectivity index (χ2v) is 6.23. The van der Waals surface area contributed by atoms with E-state index in [0.717, 1.165) is 30.2 Å². The SMILES string of the molecule is CNC1(CC(=O)c2cc(Br)ccc2F)CCCCC1. The van der Waals surface area contributed by atoms with E-state index in [4.69, 9.17) is 0 Å². The highest BCUT2D eigenvalue weighted by Crippen LogP contribution is 2.32. The van der Waals surface area contributed by atoms with Gasteiger partial charge in [-0.05, 0) is 38.1 Å². The van der Waals surface area contributed by atoms with Crippen LogP contribution in [0, 0.1) is 5.82 Å². The van der Waals surface area contributed by atoms with Gasteiger partial charge in [0.1, 0.15) is 5.82 Å². The molecule has 0 saturated heterocycles. The van der Waals surface area contributed by atoms with Gasteiger partial charge in [-0.1, -0.05) is 35.2 Å². The van der Waals surface area contributed by atoms with Crippen molar-refractivity contribution in [2.45, 2.75) is 44.1 Å². The van der Waals surface area contributed by atoms with Crippen LogP contribution in [-0.2, 0) is 0 Å². The zero-order chi connectivity index (χ0) is 13.9. The molecule has 0 atom stereocenters. The molecule has 0 bridgehead atoms. The molecule has 104 valence electrons. The highest BCUT2D eigenvalue weighted by molar-refractivity contribution is 9.10. The monoisotopic (exact) mass is 327 g/mol. The minimum Gasteiger partial charge on any atom is -0.314 e. The van der Waals surface area contributed by atoms with Crippen molar-refractivity contribution < 1.29 is 9.18 Å². The molecule has 1 aromatic carbocycles. The zero-order valence-electron chi connectivity index (χ0n) is 11.1. The van der Waals surface area contributed by atoms with Crippen LogP contribution in [0.3, 0.4) is 0 Å². The van der Waals surface area contributed by atoms with E-state index in [9.17, 15) is 9.18 Å². The molecule has 0 heterocycles. The summed E-state index contributed by atoms with van der Waals surface area (Å²) in [5, 5.41) is 3.30. The van der Waals surface area contributed by atoms with Gasteiger partial charge in [0.25, 0.3) is 0 Å². The van der Waals surface area contributed by atoms with E-state index in [1.807, 2.05) is 7.05 Å². The van der Waals surface area contributed by atoms with Gasteiger partial charge in [0.15, 0.2) is 5.78 Å². The van der Waals surface area contributed by atoms with Gasteiger partial charge in [-0.3, -0.25) is 4.79 Å². The van der Waals surface area contributed by atoms with Crippen molar-refractivity contribution in [2.75, 3.05) is 7.05 Å². The summed E-state index contributed by atoms with van der Waals surface area (Å²) in [5.74, 6) is -0.551. The smallest absolute Gasteiger partial charge is 0.167 e. The van der Waals surface area contributed by atoms with Crippen molar-refractivity contribution >= 4 is 21.7 Å². The minimum atomic E-state index is -0.435. The standard InChI is InChI=1S/C15H19BrFNO/c1-18-15(7-3-2-4-8-15)10-14(19)12-9-11(16)5-6-13(12)17/h5-6,9,18H,2-4,7-8,10H2,1H3. The number of carbonyl (C=O) groups is 1. The first kappa shape index (κ1) is 14.7. The summed E-state index contributed by atoms with van der Waals surface area (Å²) >= 11 is 3.29. The van der Waals surface area contributed by atoms with Gasteiger partial charge in [0.05, 0.1) is 5.56 Å². The summed E-state index contributed by atoms with van der Waals surface area (Å²) in [7, 11) is 1.90. The largest absolute Gasteiger partial charge is 0.314 e. The Morgan fingerprint density at radius 1 is 1.37 bits per heavy atom. The first-order chi connectivity index (χ1) is 9.06. The van der Waals surface area contributed by atoms with Crippen LogP contribution in [0.2, 0.25) is 0 Å². The third kappa shape index (κ3) is 3.42. The van der Waals surface area contributed by atoms with Gasteiger partial charge in [-0.25, -0.2) is 4.39 Å². The van der Waals surface area contributed by atoms with Crippen molar-refractivity contribution in [3.8, 4) is 0 Å². The van der Waals surface area contributed by atoms with Crippen molar-refractivity contribution in [3.63, 3.8) is 0 Å². The fraction of sp³-hybridized carbons (Fsp3) is 0.533. The second-order valence-electron chi connectivity index (χ2n) is 5.32. The highest BCUT2D eigenvalue weighted by atomic mass is 79.9. The number of Topliss-reactive ketones (excluding diaryl/α,β-unsaturated/α-hetero) is 1. The molecule has 1 aliphatic rings. The summed E-state index contributed by atoms with van der Waals surface area (Å²) in [6.07, 6.45) is 5.85. The van der Waals surface area contributed by atoms with E-state index in [1.54, 1.807) is 12.1 Å². The van der Waals surface area contributed by atoms with Gasteiger partial charge < -0.3 is 5.32 Å². The fourth-order valence-corrected chi connectivity index (χ4v) is 3.22. The highest BCUT2D eigenvalue weighted by Gasteiger charge is 2.33. The molecule has 1 N–H and O–H groups in total. The molecule has 1 aromatic rings.